The number of ketones is 2. The fourth-order valence-electron chi connectivity index (χ4n) is 7.37. The van der Waals surface area contributed by atoms with E-state index in [1.165, 1.54) is 6.92 Å². The van der Waals surface area contributed by atoms with Gasteiger partial charge in [-0.25, -0.2) is 0 Å². The lowest BCUT2D eigenvalue weighted by molar-refractivity contribution is -0.258. The predicted molar refractivity (Wildman–Crippen MR) is 106 cm³/mol. The minimum absolute atomic E-state index is 0.0611. The molecule has 0 aliphatic heterocycles. The van der Waals surface area contributed by atoms with Crippen molar-refractivity contribution in [2.24, 2.45) is 22.7 Å². The van der Waals surface area contributed by atoms with Gasteiger partial charge in [-0.2, -0.15) is 0 Å². The summed E-state index contributed by atoms with van der Waals surface area (Å²) in [5, 5.41) is 34.8. The Balaban J connectivity index is 1.71. The molecular formula is C23H32O7. The van der Waals surface area contributed by atoms with Crippen molar-refractivity contribution in [2.75, 3.05) is 6.61 Å². The van der Waals surface area contributed by atoms with Crippen LogP contribution in [0.15, 0.2) is 11.6 Å². The van der Waals surface area contributed by atoms with Crippen LogP contribution in [-0.2, 0) is 19.1 Å². The average Bonchev–Trinajstić information content (AvgIpc) is 2.94. The number of esters is 1. The smallest absolute Gasteiger partial charge is 0.303 e. The molecule has 4 aliphatic rings. The first-order chi connectivity index (χ1) is 13.9. The van der Waals surface area contributed by atoms with E-state index < -0.39 is 46.5 Å². The van der Waals surface area contributed by atoms with E-state index in [9.17, 15) is 29.7 Å². The van der Waals surface area contributed by atoms with E-state index in [0.717, 1.165) is 5.57 Å². The molecule has 0 saturated heterocycles. The molecule has 0 bridgehead atoms. The second kappa shape index (κ2) is 6.71. The Morgan fingerprint density at radius 2 is 1.83 bits per heavy atom. The zero-order valence-corrected chi connectivity index (χ0v) is 17.9. The Labute approximate surface area is 176 Å². The Kier molecular flexibility index (Phi) is 4.84. The minimum Gasteiger partial charge on any atom is -0.458 e. The summed E-state index contributed by atoms with van der Waals surface area (Å²) in [5.74, 6) is -1.53. The largest absolute Gasteiger partial charge is 0.458 e. The van der Waals surface area contributed by atoms with Crippen molar-refractivity contribution < 1.29 is 34.4 Å². The normalized spacial score (nSPS) is 47.6. The van der Waals surface area contributed by atoms with E-state index in [4.69, 9.17) is 4.74 Å². The molecule has 3 fully saturated rings. The van der Waals surface area contributed by atoms with Gasteiger partial charge in [0, 0.05) is 24.2 Å². The molecule has 0 spiro atoms. The van der Waals surface area contributed by atoms with Crippen molar-refractivity contribution in [3.05, 3.63) is 11.6 Å². The van der Waals surface area contributed by atoms with Crippen molar-refractivity contribution in [1.82, 2.24) is 0 Å². The van der Waals surface area contributed by atoms with Gasteiger partial charge in [0.2, 0.25) is 5.78 Å². The van der Waals surface area contributed by atoms with Gasteiger partial charge in [0.05, 0.1) is 6.10 Å². The first-order valence-electron chi connectivity index (χ1n) is 10.9. The second-order valence-electron chi connectivity index (χ2n) is 10.3. The number of ether oxygens (including phenoxy) is 1. The van der Waals surface area contributed by atoms with Crippen molar-refractivity contribution >= 4 is 17.5 Å². The molecule has 7 unspecified atom stereocenters. The zero-order valence-electron chi connectivity index (χ0n) is 17.9. The molecule has 7 nitrogen and oxygen atoms in total. The molecular weight excluding hydrogens is 388 g/mol. The first-order valence-corrected chi connectivity index (χ1v) is 10.9. The number of hydrogen-bond donors (Lipinski definition) is 3. The third-order valence-electron chi connectivity index (χ3n) is 9.15. The van der Waals surface area contributed by atoms with Gasteiger partial charge in [0.1, 0.15) is 11.2 Å². The third-order valence-corrected chi connectivity index (χ3v) is 9.15. The molecule has 7 atom stereocenters. The van der Waals surface area contributed by atoms with Crippen LogP contribution in [0.3, 0.4) is 0 Å². The van der Waals surface area contributed by atoms with E-state index in [1.54, 1.807) is 6.08 Å². The minimum atomic E-state index is -1.71. The highest BCUT2D eigenvalue weighted by molar-refractivity contribution is 5.92. The van der Waals surface area contributed by atoms with Crippen LogP contribution in [-0.4, -0.2) is 56.8 Å². The quantitative estimate of drug-likeness (QED) is 0.591. The number of carbonyl (C=O) groups is 3. The number of fused-ring (bicyclic) bond motifs is 5. The molecule has 4 rings (SSSR count). The van der Waals surface area contributed by atoms with Crippen molar-refractivity contribution in [1.29, 1.82) is 0 Å². The molecule has 3 N–H and O–H groups in total. The highest BCUT2D eigenvalue weighted by Gasteiger charge is 2.73. The second-order valence-corrected chi connectivity index (χ2v) is 10.3. The number of carbonyl (C=O) groups excluding carboxylic acids is 3. The maximum Gasteiger partial charge on any atom is 0.303 e. The highest BCUT2D eigenvalue weighted by atomic mass is 16.5. The van der Waals surface area contributed by atoms with Gasteiger partial charge in [0.25, 0.3) is 0 Å². The van der Waals surface area contributed by atoms with Gasteiger partial charge in [0.15, 0.2) is 12.4 Å². The summed E-state index contributed by atoms with van der Waals surface area (Å²) >= 11 is 0. The van der Waals surface area contributed by atoms with E-state index in [2.05, 4.69) is 0 Å². The van der Waals surface area contributed by atoms with Crippen LogP contribution in [0.4, 0.5) is 0 Å². The highest BCUT2D eigenvalue weighted by Crippen LogP contribution is 2.69. The molecule has 0 amide bonds. The zero-order chi connectivity index (χ0) is 22.1. The molecule has 0 radical (unpaired) electrons. The average molecular weight is 421 g/mol. The number of aliphatic hydroxyl groups is 3. The molecule has 3 saturated carbocycles. The predicted octanol–water partition coefficient (Wildman–Crippen LogP) is 1.47. The van der Waals surface area contributed by atoms with Crippen LogP contribution in [0.25, 0.3) is 0 Å². The monoisotopic (exact) mass is 420 g/mol. The summed E-state index contributed by atoms with van der Waals surface area (Å²) in [6.45, 7) is 4.48. The van der Waals surface area contributed by atoms with Crippen LogP contribution < -0.4 is 0 Å². The van der Waals surface area contributed by atoms with Crippen LogP contribution in [0.1, 0.15) is 65.7 Å². The molecule has 0 aromatic carbocycles. The topological polar surface area (TPSA) is 121 Å². The van der Waals surface area contributed by atoms with Crippen molar-refractivity contribution in [2.45, 2.75) is 83.0 Å². The van der Waals surface area contributed by atoms with E-state index in [-0.39, 0.29) is 30.5 Å². The van der Waals surface area contributed by atoms with Crippen LogP contribution >= 0.6 is 0 Å². The van der Waals surface area contributed by atoms with Crippen LogP contribution in [0, 0.1) is 22.7 Å². The van der Waals surface area contributed by atoms with Gasteiger partial charge in [-0.1, -0.05) is 19.4 Å². The Hall–Kier alpha value is -1.57. The lowest BCUT2D eigenvalue weighted by Crippen LogP contribution is -2.71. The SMILES string of the molecule is CC(=O)OCC(=O)C1(O)CCC2C3CCC4=CC(=O)CCC4(C)C3(O)C(O)CC21C. The van der Waals surface area contributed by atoms with Gasteiger partial charge < -0.3 is 20.1 Å². The Bertz CT molecular complexity index is 833. The summed E-state index contributed by atoms with van der Waals surface area (Å²) in [4.78, 5) is 36.0. The van der Waals surface area contributed by atoms with E-state index in [0.29, 0.717) is 32.1 Å². The molecule has 0 aromatic rings. The maximum absolute atomic E-state index is 12.9. The van der Waals surface area contributed by atoms with Gasteiger partial charge in [-0.15, -0.1) is 0 Å². The fraction of sp³-hybridized carbons (Fsp3) is 0.783. The summed E-state index contributed by atoms with van der Waals surface area (Å²) in [6.07, 6.45) is 3.42. The van der Waals surface area contributed by atoms with Crippen molar-refractivity contribution in [3.63, 3.8) is 0 Å². The summed E-state index contributed by atoms with van der Waals surface area (Å²) in [5.41, 5.74) is -3.85. The maximum atomic E-state index is 12.9. The lowest BCUT2D eigenvalue weighted by atomic mass is 9.43. The van der Waals surface area contributed by atoms with Crippen LogP contribution in [0.5, 0.6) is 0 Å². The molecule has 7 heteroatoms. The summed E-state index contributed by atoms with van der Waals surface area (Å²) in [6, 6.07) is 0. The third kappa shape index (κ3) is 2.58. The standard InChI is InChI=1S/C23H32O7/c1-13(24)30-12-19(27)22(28)9-7-16-17-5-4-14-10-15(25)6-8-20(14,2)23(17,29)18(26)11-21(16,22)3/h10,16-18,26,28-29H,4-9,11-12H2,1-3H3. The number of Topliss-reactive ketones (excluding diaryl/α,β-unsaturated/α-hetero) is 1. The molecule has 0 heterocycles. The summed E-state index contributed by atoms with van der Waals surface area (Å²) < 4.78 is 4.86. The fourth-order valence-corrected chi connectivity index (χ4v) is 7.37. The Morgan fingerprint density at radius 1 is 1.13 bits per heavy atom. The summed E-state index contributed by atoms with van der Waals surface area (Å²) in [7, 11) is 0. The van der Waals surface area contributed by atoms with E-state index in [1.807, 2.05) is 13.8 Å². The van der Waals surface area contributed by atoms with Gasteiger partial charge in [-0.3, -0.25) is 14.4 Å². The molecule has 166 valence electrons. The Morgan fingerprint density at radius 3 is 2.50 bits per heavy atom. The number of hydrogen-bond acceptors (Lipinski definition) is 7. The number of rotatable bonds is 3. The van der Waals surface area contributed by atoms with Crippen LogP contribution in [0.2, 0.25) is 0 Å². The lowest BCUT2D eigenvalue weighted by Gasteiger charge is -2.64. The van der Waals surface area contributed by atoms with Crippen molar-refractivity contribution in [3.8, 4) is 0 Å². The molecule has 30 heavy (non-hydrogen) atoms. The van der Waals surface area contributed by atoms with Gasteiger partial charge in [-0.05, 0) is 56.4 Å². The number of aliphatic hydroxyl groups excluding tert-OH is 1. The molecule has 0 aromatic heterocycles. The first kappa shape index (κ1) is 21.7. The molecule has 4 aliphatic carbocycles. The van der Waals surface area contributed by atoms with Gasteiger partial charge >= 0.3 is 5.97 Å². The van der Waals surface area contributed by atoms with E-state index >= 15 is 0 Å².